The van der Waals surface area contributed by atoms with E-state index in [0.717, 1.165) is 4.57 Å². The number of carbonyl (C=O) groups is 1. The lowest BCUT2D eigenvalue weighted by Crippen LogP contribution is -2.42. The van der Waals surface area contributed by atoms with Crippen molar-refractivity contribution >= 4 is 17.1 Å². The summed E-state index contributed by atoms with van der Waals surface area (Å²) in [6.45, 7) is 9.65. The van der Waals surface area contributed by atoms with Gasteiger partial charge in [0.25, 0.3) is 5.56 Å². The van der Waals surface area contributed by atoms with Gasteiger partial charge in [-0.3, -0.25) is 18.7 Å². The number of aromatic amines is 1. The first-order valence-electron chi connectivity index (χ1n) is 8.63. The van der Waals surface area contributed by atoms with Gasteiger partial charge in [0.05, 0.1) is 6.33 Å². The molecule has 0 aromatic carbocycles. The lowest BCUT2D eigenvalue weighted by Gasteiger charge is -2.26. The van der Waals surface area contributed by atoms with E-state index >= 15 is 0 Å². The Morgan fingerprint density at radius 2 is 1.80 bits per heavy atom. The molecule has 2 aromatic heterocycles. The zero-order valence-electron chi connectivity index (χ0n) is 15.6. The molecule has 0 atom stereocenters. The van der Waals surface area contributed by atoms with Gasteiger partial charge in [-0.15, -0.1) is 0 Å². The number of rotatable bonds is 7. The molecule has 2 heterocycles. The number of hydrogen-bond acceptors (Lipinski definition) is 4. The standard InChI is InChI=1S/C17H27N5O3/c1-11(2)8-21(9-12(3)4)13(23)6-7-22-16(24)14-15(19-10-18-14)20(5)17(22)25/h10-12H,6-9H2,1-5H3,(H,18,19). The number of H-pyrrole nitrogens is 1. The van der Waals surface area contributed by atoms with E-state index in [0.29, 0.717) is 30.6 Å². The molecule has 0 aliphatic carbocycles. The van der Waals surface area contributed by atoms with Crippen LogP contribution < -0.4 is 11.2 Å². The van der Waals surface area contributed by atoms with Crippen LogP contribution in [0, 0.1) is 11.8 Å². The van der Waals surface area contributed by atoms with Crippen molar-refractivity contribution < 1.29 is 4.79 Å². The summed E-state index contributed by atoms with van der Waals surface area (Å²) in [6.07, 6.45) is 1.50. The molecule has 8 nitrogen and oxygen atoms in total. The lowest BCUT2D eigenvalue weighted by molar-refractivity contribution is -0.132. The minimum atomic E-state index is -0.461. The van der Waals surface area contributed by atoms with Crippen LogP contribution in [-0.2, 0) is 18.4 Å². The van der Waals surface area contributed by atoms with Gasteiger partial charge >= 0.3 is 5.69 Å². The van der Waals surface area contributed by atoms with Gasteiger partial charge < -0.3 is 9.88 Å². The fraction of sp³-hybridized carbons (Fsp3) is 0.647. The topological polar surface area (TPSA) is 93.0 Å². The van der Waals surface area contributed by atoms with Gasteiger partial charge in [0.2, 0.25) is 5.91 Å². The Balaban J connectivity index is 2.22. The van der Waals surface area contributed by atoms with Crippen LogP contribution in [0.2, 0.25) is 0 Å². The fourth-order valence-corrected chi connectivity index (χ4v) is 2.91. The van der Waals surface area contributed by atoms with Crippen LogP contribution in [0.25, 0.3) is 11.2 Å². The first-order valence-corrected chi connectivity index (χ1v) is 8.63. The zero-order chi connectivity index (χ0) is 18.7. The van der Waals surface area contributed by atoms with Crippen molar-refractivity contribution in [3.05, 3.63) is 27.2 Å². The Bertz CT molecular complexity index is 849. The van der Waals surface area contributed by atoms with Crippen molar-refractivity contribution in [2.45, 2.75) is 40.7 Å². The van der Waals surface area contributed by atoms with Gasteiger partial charge in [-0.2, -0.15) is 0 Å². The molecule has 0 spiro atoms. The molecule has 1 N–H and O–H groups in total. The summed E-state index contributed by atoms with van der Waals surface area (Å²) < 4.78 is 2.42. The maximum atomic E-state index is 12.6. The lowest BCUT2D eigenvalue weighted by atomic mass is 10.1. The van der Waals surface area contributed by atoms with Crippen molar-refractivity contribution in [3.8, 4) is 0 Å². The largest absolute Gasteiger partial charge is 0.342 e. The summed E-state index contributed by atoms with van der Waals surface area (Å²) in [7, 11) is 1.56. The fourth-order valence-electron chi connectivity index (χ4n) is 2.91. The Kier molecular flexibility index (Phi) is 5.81. The third kappa shape index (κ3) is 4.18. The molecule has 138 valence electrons. The minimum absolute atomic E-state index is 0.0407. The number of imidazole rings is 1. The predicted octanol–water partition coefficient (Wildman–Crippen LogP) is 0.954. The normalized spacial score (nSPS) is 11.6. The number of fused-ring (bicyclic) bond motifs is 1. The van der Waals surface area contributed by atoms with E-state index in [1.807, 2.05) is 4.90 Å². The molecular formula is C17H27N5O3. The van der Waals surface area contributed by atoms with Crippen LogP contribution in [0.3, 0.4) is 0 Å². The highest BCUT2D eigenvalue weighted by Crippen LogP contribution is 2.07. The number of aryl methyl sites for hydroxylation is 1. The number of hydrogen-bond donors (Lipinski definition) is 1. The molecule has 0 aliphatic heterocycles. The second-order valence-electron chi connectivity index (χ2n) is 7.24. The summed E-state index contributed by atoms with van der Waals surface area (Å²) in [6, 6.07) is 0. The van der Waals surface area contributed by atoms with Crippen molar-refractivity contribution in [3.63, 3.8) is 0 Å². The van der Waals surface area contributed by atoms with E-state index < -0.39 is 11.2 Å². The highest BCUT2D eigenvalue weighted by molar-refractivity contribution is 5.76. The Morgan fingerprint density at radius 3 is 2.36 bits per heavy atom. The molecule has 1 amide bonds. The van der Waals surface area contributed by atoms with Crippen LogP contribution >= 0.6 is 0 Å². The van der Waals surface area contributed by atoms with E-state index in [1.165, 1.54) is 10.9 Å². The predicted molar refractivity (Wildman–Crippen MR) is 96.5 cm³/mol. The number of carbonyl (C=O) groups excluding carboxylic acids is 1. The quantitative estimate of drug-likeness (QED) is 0.805. The van der Waals surface area contributed by atoms with E-state index in [-0.39, 0.29) is 24.4 Å². The molecule has 2 rings (SSSR count). The Morgan fingerprint density at radius 1 is 1.20 bits per heavy atom. The van der Waals surface area contributed by atoms with Gasteiger partial charge in [0, 0.05) is 33.1 Å². The Labute approximate surface area is 146 Å². The maximum absolute atomic E-state index is 12.6. The molecule has 0 unspecified atom stereocenters. The van der Waals surface area contributed by atoms with Gasteiger partial charge in [-0.05, 0) is 11.8 Å². The van der Waals surface area contributed by atoms with Crippen LogP contribution in [0.5, 0.6) is 0 Å². The summed E-state index contributed by atoms with van der Waals surface area (Å²) in [5.74, 6) is 0.681. The van der Waals surface area contributed by atoms with Gasteiger partial charge in [0.1, 0.15) is 5.52 Å². The molecule has 0 saturated carbocycles. The van der Waals surface area contributed by atoms with E-state index in [9.17, 15) is 14.4 Å². The van der Waals surface area contributed by atoms with Crippen molar-refractivity contribution in [2.24, 2.45) is 18.9 Å². The van der Waals surface area contributed by atoms with Gasteiger partial charge in [-0.1, -0.05) is 27.7 Å². The molecule has 0 aliphatic rings. The zero-order valence-corrected chi connectivity index (χ0v) is 15.6. The number of amides is 1. The molecule has 0 saturated heterocycles. The SMILES string of the molecule is CC(C)CN(CC(C)C)C(=O)CCn1c(=O)c2[nH]cnc2n(C)c1=O. The second kappa shape index (κ2) is 7.67. The smallest absolute Gasteiger partial charge is 0.332 e. The third-order valence-electron chi connectivity index (χ3n) is 3.99. The molecule has 0 fully saturated rings. The summed E-state index contributed by atoms with van der Waals surface area (Å²) in [4.78, 5) is 46.0. The van der Waals surface area contributed by atoms with Crippen molar-refractivity contribution in [1.82, 2.24) is 24.0 Å². The van der Waals surface area contributed by atoms with E-state index in [2.05, 4.69) is 37.7 Å². The van der Waals surface area contributed by atoms with Gasteiger partial charge in [0.15, 0.2) is 5.65 Å². The van der Waals surface area contributed by atoms with E-state index in [4.69, 9.17) is 0 Å². The molecule has 0 radical (unpaired) electrons. The highest BCUT2D eigenvalue weighted by Gasteiger charge is 2.18. The first kappa shape index (κ1) is 19.0. The van der Waals surface area contributed by atoms with Crippen LogP contribution in [0.4, 0.5) is 0 Å². The van der Waals surface area contributed by atoms with Gasteiger partial charge in [-0.25, -0.2) is 9.78 Å². The average molecular weight is 349 g/mol. The Hall–Kier alpha value is -2.38. The molecule has 2 aromatic rings. The van der Waals surface area contributed by atoms with E-state index in [1.54, 1.807) is 7.05 Å². The number of nitrogens with one attached hydrogen (secondary N) is 1. The maximum Gasteiger partial charge on any atom is 0.332 e. The second-order valence-corrected chi connectivity index (χ2v) is 7.24. The number of aromatic nitrogens is 4. The van der Waals surface area contributed by atoms with Crippen molar-refractivity contribution in [2.75, 3.05) is 13.1 Å². The highest BCUT2D eigenvalue weighted by atomic mass is 16.2. The van der Waals surface area contributed by atoms with Crippen LogP contribution in [0.1, 0.15) is 34.1 Å². The molecular weight excluding hydrogens is 322 g/mol. The minimum Gasteiger partial charge on any atom is -0.342 e. The van der Waals surface area contributed by atoms with Crippen molar-refractivity contribution in [1.29, 1.82) is 0 Å². The number of nitrogens with zero attached hydrogens (tertiary/aromatic N) is 4. The first-order chi connectivity index (χ1) is 11.7. The molecule has 0 bridgehead atoms. The average Bonchev–Trinajstić information content (AvgIpc) is 3.01. The monoisotopic (exact) mass is 349 g/mol. The molecule has 25 heavy (non-hydrogen) atoms. The van der Waals surface area contributed by atoms with Crippen LogP contribution in [-0.4, -0.2) is 43.0 Å². The molecule has 8 heteroatoms. The summed E-state index contributed by atoms with van der Waals surface area (Å²) >= 11 is 0. The third-order valence-corrected chi connectivity index (χ3v) is 3.99. The summed E-state index contributed by atoms with van der Waals surface area (Å²) in [5.41, 5.74) is -0.311. The summed E-state index contributed by atoms with van der Waals surface area (Å²) in [5, 5.41) is 0. The van der Waals surface area contributed by atoms with Crippen LogP contribution in [0.15, 0.2) is 15.9 Å².